The predicted molar refractivity (Wildman–Crippen MR) is 46.5 cm³/mol. The summed E-state index contributed by atoms with van der Waals surface area (Å²) in [6.07, 6.45) is 1.38. The van der Waals surface area contributed by atoms with Crippen molar-refractivity contribution in [3.05, 3.63) is 11.9 Å². The third-order valence-corrected chi connectivity index (χ3v) is 2.64. The maximum absolute atomic E-state index is 12.4. The highest BCUT2D eigenvalue weighted by Crippen LogP contribution is 2.33. The first-order valence-electron chi connectivity index (χ1n) is 4.21. The molecule has 0 radical (unpaired) electrons. The van der Waals surface area contributed by atoms with Gasteiger partial charge >= 0.3 is 0 Å². The molecule has 0 aromatic heterocycles. The smallest absolute Gasteiger partial charge is 0.0866 e. The van der Waals surface area contributed by atoms with Crippen molar-refractivity contribution < 1.29 is 9.50 Å². The van der Waals surface area contributed by atoms with Crippen molar-refractivity contribution in [2.45, 2.75) is 13.3 Å². The van der Waals surface area contributed by atoms with E-state index >= 15 is 0 Å². The lowest BCUT2D eigenvalue weighted by Crippen LogP contribution is -2.43. The molecule has 3 heteroatoms. The lowest BCUT2D eigenvalue weighted by atomic mass is 9.79. The van der Waals surface area contributed by atoms with Gasteiger partial charge in [-0.05, 0) is 19.0 Å². The Bertz CT molecular complexity index is 193. The molecule has 1 saturated heterocycles. The van der Waals surface area contributed by atoms with Gasteiger partial charge in [-0.3, -0.25) is 0 Å². The van der Waals surface area contributed by atoms with E-state index in [0.717, 1.165) is 25.1 Å². The Kier molecular flexibility index (Phi) is 2.85. The van der Waals surface area contributed by atoms with E-state index in [9.17, 15) is 4.39 Å². The van der Waals surface area contributed by atoms with Gasteiger partial charge in [-0.1, -0.05) is 6.92 Å². The topological polar surface area (TPSA) is 23.5 Å². The van der Waals surface area contributed by atoms with Crippen molar-refractivity contribution in [1.82, 2.24) is 4.90 Å². The molecular weight excluding hydrogens is 157 g/mol. The molecule has 0 aromatic carbocycles. The van der Waals surface area contributed by atoms with Crippen LogP contribution in [0.2, 0.25) is 0 Å². The van der Waals surface area contributed by atoms with Crippen molar-refractivity contribution in [2.24, 2.45) is 5.41 Å². The van der Waals surface area contributed by atoms with Gasteiger partial charge in [-0.25, -0.2) is 4.39 Å². The molecule has 70 valence electrons. The van der Waals surface area contributed by atoms with Crippen molar-refractivity contribution in [1.29, 1.82) is 0 Å². The number of rotatable bonds is 1. The summed E-state index contributed by atoms with van der Waals surface area (Å²) in [5.41, 5.74) is 0.366. The molecule has 0 aliphatic carbocycles. The maximum atomic E-state index is 12.4. The van der Waals surface area contributed by atoms with Gasteiger partial charge in [-0.2, -0.15) is 0 Å². The fourth-order valence-corrected chi connectivity index (χ4v) is 1.73. The second-order valence-electron chi connectivity index (χ2n) is 3.84. The molecule has 2 nitrogen and oxygen atoms in total. The van der Waals surface area contributed by atoms with Crippen LogP contribution in [0.3, 0.4) is 0 Å². The van der Waals surface area contributed by atoms with Crippen LogP contribution in [-0.2, 0) is 0 Å². The van der Waals surface area contributed by atoms with E-state index in [1.54, 1.807) is 0 Å². The van der Waals surface area contributed by atoms with Gasteiger partial charge in [0.1, 0.15) is 0 Å². The third kappa shape index (κ3) is 1.67. The predicted octanol–water partition coefficient (Wildman–Crippen LogP) is 1.17. The van der Waals surface area contributed by atoms with Crippen molar-refractivity contribution >= 4 is 0 Å². The van der Waals surface area contributed by atoms with Crippen LogP contribution in [0.15, 0.2) is 11.9 Å². The Labute approximate surface area is 72.7 Å². The molecule has 1 N–H and O–H groups in total. The number of aliphatic hydroxyl groups excluding tert-OH is 1. The van der Waals surface area contributed by atoms with E-state index in [1.165, 1.54) is 0 Å². The van der Waals surface area contributed by atoms with E-state index in [0.29, 0.717) is 6.33 Å². The van der Waals surface area contributed by atoms with E-state index < -0.39 is 0 Å². The summed E-state index contributed by atoms with van der Waals surface area (Å²) in [5.74, 6) is 0. The van der Waals surface area contributed by atoms with E-state index in [-0.39, 0.29) is 12.0 Å². The van der Waals surface area contributed by atoms with E-state index in [2.05, 4.69) is 4.90 Å². The minimum absolute atomic E-state index is 0.0209. The minimum atomic E-state index is -0.373. The number of likely N-dealkylation sites (tertiary alicyclic amines) is 1. The zero-order valence-electron chi connectivity index (χ0n) is 7.68. The summed E-state index contributed by atoms with van der Waals surface area (Å²) >= 11 is 0. The lowest BCUT2D eigenvalue weighted by Gasteiger charge is -2.39. The number of aliphatic hydroxyl groups is 1. The van der Waals surface area contributed by atoms with E-state index in [4.69, 9.17) is 5.11 Å². The molecule has 0 amide bonds. The van der Waals surface area contributed by atoms with Gasteiger partial charge in [0, 0.05) is 18.5 Å². The van der Waals surface area contributed by atoms with Crippen LogP contribution in [0.5, 0.6) is 0 Å². The molecule has 1 heterocycles. The van der Waals surface area contributed by atoms with Gasteiger partial charge in [0.05, 0.1) is 12.9 Å². The van der Waals surface area contributed by atoms with Gasteiger partial charge in [-0.15, -0.1) is 0 Å². The second-order valence-corrected chi connectivity index (χ2v) is 3.84. The molecule has 0 unspecified atom stereocenters. The number of nitrogens with zero attached hydrogens (tertiary/aromatic N) is 1. The SMILES string of the molecule is CN1CC/C(=C/F)[C@](C)(CO)C1. The summed E-state index contributed by atoms with van der Waals surface area (Å²) in [7, 11) is 1.99. The fraction of sp³-hybridized carbons (Fsp3) is 0.778. The molecule has 1 atom stereocenters. The van der Waals surface area contributed by atoms with Gasteiger partial charge in [0.2, 0.25) is 0 Å². The molecule has 0 spiro atoms. The Morgan fingerprint density at radius 1 is 1.75 bits per heavy atom. The van der Waals surface area contributed by atoms with Crippen molar-refractivity contribution in [3.63, 3.8) is 0 Å². The van der Waals surface area contributed by atoms with Crippen LogP contribution >= 0.6 is 0 Å². The zero-order valence-corrected chi connectivity index (χ0v) is 7.68. The van der Waals surface area contributed by atoms with Crippen molar-refractivity contribution in [3.8, 4) is 0 Å². The number of halogens is 1. The summed E-state index contributed by atoms with van der Waals surface area (Å²) in [4.78, 5) is 2.11. The van der Waals surface area contributed by atoms with Crippen LogP contribution in [0.25, 0.3) is 0 Å². The molecule has 1 aliphatic rings. The first-order valence-corrected chi connectivity index (χ1v) is 4.21. The summed E-state index contributed by atoms with van der Waals surface area (Å²) in [5, 5.41) is 9.14. The van der Waals surface area contributed by atoms with Crippen LogP contribution in [-0.4, -0.2) is 36.8 Å². The number of hydrogen-bond donors (Lipinski definition) is 1. The van der Waals surface area contributed by atoms with Gasteiger partial charge in [0.15, 0.2) is 0 Å². The Morgan fingerprint density at radius 2 is 2.42 bits per heavy atom. The molecular formula is C9H16FNO. The van der Waals surface area contributed by atoms with E-state index in [1.807, 2.05) is 14.0 Å². The molecule has 0 saturated carbocycles. The van der Waals surface area contributed by atoms with Gasteiger partial charge < -0.3 is 10.0 Å². The minimum Gasteiger partial charge on any atom is -0.395 e. The number of hydrogen-bond acceptors (Lipinski definition) is 2. The summed E-state index contributed by atoms with van der Waals surface area (Å²) in [6.45, 7) is 3.53. The third-order valence-electron chi connectivity index (χ3n) is 2.64. The summed E-state index contributed by atoms with van der Waals surface area (Å²) < 4.78 is 12.4. The first-order chi connectivity index (χ1) is 5.62. The highest BCUT2D eigenvalue weighted by molar-refractivity contribution is 5.15. The van der Waals surface area contributed by atoms with Crippen molar-refractivity contribution in [2.75, 3.05) is 26.7 Å². The average molecular weight is 173 g/mol. The molecule has 0 bridgehead atoms. The Hall–Kier alpha value is -0.410. The normalized spacial score (nSPS) is 35.8. The average Bonchev–Trinajstić information content (AvgIpc) is 2.05. The monoisotopic (exact) mass is 173 g/mol. The Balaban J connectivity index is 2.78. The molecule has 1 fully saturated rings. The molecule has 12 heavy (non-hydrogen) atoms. The first kappa shape index (κ1) is 9.68. The largest absolute Gasteiger partial charge is 0.395 e. The lowest BCUT2D eigenvalue weighted by molar-refractivity contribution is 0.102. The number of piperidine rings is 1. The van der Waals surface area contributed by atoms with Crippen LogP contribution in [0.1, 0.15) is 13.3 Å². The van der Waals surface area contributed by atoms with Crippen LogP contribution in [0.4, 0.5) is 4.39 Å². The van der Waals surface area contributed by atoms with Gasteiger partial charge in [0.25, 0.3) is 0 Å². The Morgan fingerprint density at radius 3 is 2.92 bits per heavy atom. The fourth-order valence-electron chi connectivity index (χ4n) is 1.73. The molecule has 1 aliphatic heterocycles. The van der Waals surface area contributed by atoms with Crippen LogP contribution in [0, 0.1) is 5.41 Å². The zero-order chi connectivity index (χ0) is 9.19. The standard InChI is InChI=1S/C9H16FNO/c1-9(7-12)6-11(2)4-3-8(9)5-10/h5,12H,3-4,6-7H2,1-2H3/b8-5-/t9-/m0/s1. The maximum Gasteiger partial charge on any atom is 0.0866 e. The quantitative estimate of drug-likeness (QED) is 0.643. The highest BCUT2D eigenvalue weighted by atomic mass is 19.1. The molecule has 0 aromatic rings. The van der Waals surface area contributed by atoms with Crippen LogP contribution < -0.4 is 0 Å². The highest BCUT2D eigenvalue weighted by Gasteiger charge is 2.33. The summed E-state index contributed by atoms with van der Waals surface area (Å²) in [6, 6.07) is 0. The molecule has 1 rings (SSSR count). The second kappa shape index (κ2) is 3.54.